The average molecular weight is 321 g/mol. The van der Waals surface area contributed by atoms with Gasteiger partial charge in [0.2, 0.25) is 0 Å². The van der Waals surface area contributed by atoms with Gasteiger partial charge in [-0.3, -0.25) is 9.59 Å². The van der Waals surface area contributed by atoms with Crippen LogP contribution < -0.4 is 10.6 Å². The zero-order chi connectivity index (χ0) is 15.2. The lowest BCUT2D eigenvalue weighted by Crippen LogP contribution is -2.34. The zero-order valence-corrected chi connectivity index (χ0v) is 13.3. The lowest BCUT2D eigenvalue weighted by atomic mass is 10.3. The first kappa shape index (κ1) is 15.5. The Kier molecular flexibility index (Phi) is 5.35. The summed E-state index contributed by atoms with van der Waals surface area (Å²) in [7, 11) is 0. The summed E-state index contributed by atoms with van der Waals surface area (Å²) in [6.07, 6.45) is 1.97. The van der Waals surface area contributed by atoms with Crippen molar-refractivity contribution in [2.45, 2.75) is 18.4 Å². The average Bonchev–Trinajstić information content (AvgIpc) is 2.91. The predicted octanol–water partition coefficient (Wildman–Crippen LogP) is 2.43. The number of nitrogens with one attached hydrogen (secondary N) is 2. The largest absolute Gasteiger partial charge is 0.341 e. The molecule has 2 N–H and O–H groups in total. The second-order valence-corrected chi connectivity index (χ2v) is 6.07. The molecule has 2 aromatic rings. The van der Waals surface area contributed by atoms with Crippen LogP contribution in [0.3, 0.4) is 0 Å². The van der Waals surface area contributed by atoms with Crippen LogP contribution in [0.5, 0.6) is 0 Å². The van der Waals surface area contributed by atoms with E-state index >= 15 is 0 Å². The van der Waals surface area contributed by atoms with Gasteiger partial charge in [0.1, 0.15) is 5.01 Å². The summed E-state index contributed by atoms with van der Waals surface area (Å²) in [4.78, 5) is 28.8. The number of amides is 2. The monoisotopic (exact) mass is 321 g/mol. The van der Waals surface area contributed by atoms with Gasteiger partial charge in [0.25, 0.3) is 0 Å². The highest BCUT2D eigenvalue weighted by atomic mass is 32.2. The SMILES string of the molecule is CSc1ccc(NC(=O)C(=O)NCc2nc(C)cs2)cc1. The van der Waals surface area contributed by atoms with Gasteiger partial charge < -0.3 is 10.6 Å². The number of thioether (sulfide) groups is 1. The van der Waals surface area contributed by atoms with Crippen LogP contribution in [0.15, 0.2) is 34.5 Å². The smallest absolute Gasteiger partial charge is 0.313 e. The van der Waals surface area contributed by atoms with Gasteiger partial charge in [-0.15, -0.1) is 23.1 Å². The number of thiazole rings is 1. The second kappa shape index (κ2) is 7.24. The Balaban J connectivity index is 1.85. The van der Waals surface area contributed by atoms with E-state index < -0.39 is 11.8 Å². The first-order valence-corrected chi connectivity index (χ1v) is 8.33. The maximum Gasteiger partial charge on any atom is 0.313 e. The van der Waals surface area contributed by atoms with Crippen molar-refractivity contribution in [3.63, 3.8) is 0 Å². The van der Waals surface area contributed by atoms with Crippen molar-refractivity contribution in [3.8, 4) is 0 Å². The van der Waals surface area contributed by atoms with E-state index in [0.717, 1.165) is 15.6 Å². The Bertz CT molecular complexity index is 638. The molecule has 5 nitrogen and oxygen atoms in total. The number of aryl methyl sites for hydroxylation is 1. The molecule has 0 saturated carbocycles. The summed E-state index contributed by atoms with van der Waals surface area (Å²) >= 11 is 3.06. The summed E-state index contributed by atoms with van der Waals surface area (Å²) in [6.45, 7) is 2.14. The second-order valence-electron chi connectivity index (χ2n) is 4.25. The van der Waals surface area contributed by atoms with Crippen LogP contribution in [0.4, 0.5) is 5.69 Å². The van der Waals surface area contributed by atoms with Gasteiger partial charge >= 0.3 is 11.8 Å². The Morgan fingerprint density at radius 1 is 1.24 bits per heavy atom. The predicted molar refractivity (Wildman–Crippen MR) is 85.6 cm³/mol. The molecule has 0 aliphatic carbocycles. The number of rotatable bonds is 4. The van der Waals surface area contributed by atoms with Gasteiger partial charge in [-0.25, -0.2) is 4.98 Å². The highest BCUT2D eigenvalue weighted by molar-refractivity contribution is 7.98. The maximum atomic E-state index is 11.7. The third-order valence-corrected chi connectivity index (χ3v) is 4.33. The number of carbonyl (C=O) groups is 2. The molecule has 0 saturated heterocycles. The number of nitrogens with zero attached hydrogens (tertiary/aromatic N) is 1. The number of carbonyl (C=O) groups excluding carboxylic acids is 2. The summed E-state index contributed by atoms with van der Waals surface area (Å²) in [5.41, 5.74) is 1.50. The van der Waals surface area contributed by atoms with Gasteiger partial charge in [0.05, 0.1) is 6.54 Å². The molecule has 1 heterocycles. The minimum absolute atomic E-state index is 0.260. The highest BCUT2D eigenvalue weighted by Crippen LogP contribution is 2.17. The molecule has 0 radical (unpaired) electrons. The van der Waals surface area contributed by atoms with Crippen LogP contribution >= 0.6 is 23.1 Å². The Morgan fingerprint density at radius 2 is 1.95 bits per heavy atom. The summed E-state index contributed by atoms with van der Waals surface area (Å²) in [5.74, 6) is -1.35. The molecule has 2 rings (SSSR count). The molecule has 21 heavy (non-hydrogen) atoms. The molecule has 110 valence electrons. The van der Waals surface area contributed by atoms with Gasteiger partial charge in [0.15, 0.2) is 0 Å². The fourth-order valence-electron chi connectivity index (χ4n) is 1.58. The lowest BCUT2D eigenvalue weighted by Gasteiger charge is -2.06. The molecule has 0 aliphatic rings. The molecule has 7 heteroatoms. The molecule has 0 atom stereocenters. The fraction of sp³-hybridized carbons (Fsp3) is 0.214. The molecule has 0 fully saturated rings. The fourth-order valence-corrected chi connectivity index (χ4v) is 2.70. The Morgan fingerprint density at radius 3 is 2.52 bits per heavy atom. The molecule has 0 unspecified atom stereocenters. The Labute approximate surface area is 131 Å². The van der Waals surface area contributed by atoms with Crippen LogP contribution in [0.25, 0.3) is 0 Å². The topological polar surface area (TPSA) is 71.1 Å². The molecule has 0 aliphatic heterocycles. The summed E-state index contributed by atoms with van der Waals surface area (Å²) in [6, 6.07) is 7.30. The van der Waals surface area contributed by atoms with E-state index in [1.54, 1.807) is 23.9 Å². The zero-order valence-electron chi connectivity index (χ0n) is 11.7. The number of benzene rings is 1. The number of aromatic nitrogens is 1. The molecule has 0 spiro atoms. The molecule has 0 bridgehead atoms. The van der Waals surface area contributed by atoms with Crippen LogP contribution in [-0.4, -0.2) is 23.1 Å². The number of anilines is 1. The minimum Gasteiger partial charge on any atom is -0.341 e. The number of hydrogen-bond acceptors (Lipinski definition) is 5. The van der Waals surface area contributed by atoms with E-state index in [-0.39, 0.29) is 6.54 Å². The maximum absolute atomic E-state index is 11.7. The van der Waals surface area contributed by atoms with E-state index in [2.05, 4.69) is 15.6 Å². The number of hydrogen-bond donors (Lipinski definition) is 2. The van der Waals surface area contributed by atoms with Gasteiger partial charge in [-0.1, -0.05) is 0 Å². The van der Waals surface area contributed by atoms with Crippen LogP contribution in [0.1, 0.15) is 10.7 Å². The van der Waals surface area contributed by atoms with Gasteiger partial charge in [-0.05, 0) is 37.4 Å². The first-order chi connectivity index (χ1) is 10.1. The van der Waals surface area contributed by atoms with Crippen molar-refractivity contribution < 1.29 is 9.59 Å². The lowest BCUT2D eigenvalue weighted by molar-refractivity contribution is -0.136. The van der Waals surface area contributed by atoms with Crippen LogP contribution in [0, 0.1) is 6.92 Å². The summed E-state index contributed by atoms with van der Waals surface area (Å²) in [5, 5.41) is 7.78. The van der Waals surface area contributed by atoms with E-state index in [1.807, 2.05) is 30.7 Å². The molecular formula is C14H15N3O2S2. The van der Waals surface area contributed by atoms with E-state index in [4.69, 9.17) is 0 Å². The van der Waals surface area contributed by atoms with E-state index in [0.29, 0.717) is 5.69 Å². The normalized spacial score (nSPS) is 10.2. The molecular weight excluding hydrogens is 306 g/mol. The van der Waals surface area contributed by atoms with E-state index in [9.17, 15) is 9.59 Å². The molecule has 2 amide bonds. The van der Waals surface area contributed by atoms with Crippen LogP contribution in [0.2, 0.25) is 0 Å². The van der Waals surface area contributed by atoms with Gasteiger partial charge in [-0.2, -0.15) is 0 Å². The molecule has 1 aromatic heterocycles. The van der Waals surface area contributed by atoms with Crippen molar-refractivity contribution in [1.29, 1.82) is 0 Å². The third-order valence-electron chi connectivity index (χ3n) is 2.62. The van der Waals surface area contributed by atoms with E-state index in [1.165, 1.54) is 11.3 Å². The molecule has 1 aromatic carbocycles. The standard InChI is InChI=1S/C14H15N3O2S2/c1-9-8-21-12(16-9)7-15-13(18)14(19)17-10-3-5-11(20-2)6-4-10/h3-6,8H,7H2,1-2H3,(H,15,18)(H,17,19). The minimum atomic E-state index is -0.680. The van der Waals surface area contributed by atoms with Crippen molar-refractivity contribution in [2.75, 3.05) is 11.6 Å². The Hall–Kier alpha value is -1.86. The van der Waals surface area contributed by atoms with Crippen molar-refractivity contribution in [2.24, 2.45) is 0 Å². The van der Waals surface area contributed by atoms with Crippen LogP contribution in [-0.2, 0) is 16.1 Å². The summed E-state index contributed by atoms with van der Waals surface area (Å²) < 4.78 is 0. The van der Waals surface area contributed by atoms with Crippen molar-refractivity contribution in [3.05, 3.63) is 40.3 Å². The van der Waals surface area contributed by atoms with Crippen molar-refractivity contribution >= 4 is 40.6 Å². The van der Waals surface area contributed by atoms with Gasteiger partial charge in [0, 0.05) is 21.7 Å². The quantitative estimate of drug-likeness (QED) is 0.670. The van der Waals surface area contributed by atoms with Crippen molar-refractivity contribution in [1.82, 2.24) is 10.3 Å². The third kappa shape index (κ3) is 4.57. The highest BCUT2D eigenvalue weighted by Gasteiger charge is 2.13. The first-order valence-electron chi connectivity index (χ1n) is 6.22.